The second kappa shape index (κ2) is 8.19. The van der Waals surface area contributed by atoms with Gasteiger partial charge in [0.15, 0.2) is 5.16 Å². The van der Waals surface area contributed by atoms with E-state index >= 15 is 0 Å². The summed E-state index contributed by atoms with van der Waals surface area (Å²) >= 11 is 1.61. The molecule has 29 heavy (non-hydrogen) atoms. The zero-order valence-electron chi connectivity index (χ0n) is 16.6. The summed E-state index contributed by atoms with van der Waals surface area (Å²) in [6.45, 7) is 0. The molecule has 2 aliphatic carbocycles. The third kappa shape index (κ3) is 3.78. The number of aromatic amines is 1. The second-order valence-electron chi connectivity index (χ2n) is 8.27. The van der Waals surface area contributed by atoms with Crippen molar-refractivity contribution in [2.24, 2.45) is 5.92 Å². The summed E-state index contributed by atoms with van der Waals surface area (Å²) in [5.74, 6) is 1.70. The molecule has 1 unspecified atom stereocenters. The number of nitrogens with one attached hydrogen (secondary N) is 1. The number of H-pyrrole nitrogens is 1. The molecule has 1 saturated carbocycles. The van der Waals surface area contributed by atoms with Crippen LogP contribution in [0.15, 0.2) is 64.5 Å². The van der Waals surface area contributed by atoms with Crippen LogP contribution in [0.5, 0.6) is 0 Å². The lowest BCUT2D eigenvalue weighted by molar-refractivity contribution is 0.299. The number of aromatic nitrogens is 2. The molecule has 1 atom stereocenters. The van der Waals surface area contributed by atoms with Crippen molar-refractivity contribution in [3.63, 3.8) is 0 Å². The van der Waals surface area contributed by atoms with E-state index in [0.717, 1.165) is 34.2 Å². The summed E-state index contributed by atoms with van der Waals surface area (Å²) in [5.41, 5.74) is 5.63. The van der Waals surface area contributed by atoms with Crippen molar-refractivity contribution in [2.75, 3.05) is 0 Å². The van der Waals surface area contributed by atoms with Crippen LogP contribution >= 0.6 is 11.8 Å². The predicted octanol–water partition coefficient (Wildman–Crippen LogP) is 5.95. The Kier molecular flexibility index (Phi) is 5.28. The first kappa shape index (κ1) is 18.7. The third-order valence-corrected chi connectivity index (χ3v) is 7.40. The predicted molar refractivity (Wildman–Crippen MR) is 119 cm³/mol. The minimum Gasteiger partial charge on any atom is -0.301 e. The molecular weight excluding hydrogens is 376 g/mol. The largest absolute Gasteiger partial charge is 0.301 e. The number of thioether (sulfide) groups is 1. The topological polar surface area (TPSA) is 45.8 Å². The molecule has 0 amide bonds. The van der Waals surface area contributed by atoms with Gasteiger partial charge in [-0.2, -0.15) is 0 Å². The Labute approximate surface area is 176 Å². The minimum atomic E-state index is 0.0654. The van der Waals surface area contributed by atoms with Crippen molar-refractivity contribution in [2.45, 2.75) is 55.4 Å². The maximum Gasteiger partial charge on any atom is 0.255 e. The molecular formula is C25H26N2OS. The number of benzene rings is 2. The summed E-state index contributed by atoms with van der Waals surface area (Å²) in [5, 5.41) is 0.719. The van der Waals surface area contributed by atoms with E-state index in [9.17, 15) is 4.79 Å². The maximum atomic E-state index is 13.2. The fraction of sp³-hybridized carbons (Fsp3) is 0.360. The molecule has 3 nitrogen and oxygen atoms in total. The molecule has 0 bridgehead atoms. The Morgan fingerprint density at radius 1 is 0.966 bits per heavy atom. The molecule has 0 spiro atoms. The fourth-order valence-corrected chi connectivity index (χ4v) is 5.83. The zero-order chi connectivity index (χ0) is 19.6. The van der Waals surface area contributed by atoms with E-state index in [1.54, 1.807) is 11.8 Å². The van der Waals surface area contributed by atoms with Gasteiger partial charge in [-0.05, 0) is 42.2 Å². The molecule has 1 aromatic heterocycles. The molecule has 2 aromatic carbocycles. The van der Waals surface area contributed by atoms with Gasteiger partial charge in [0.05, 0.1) is 5.69 Å². The van der Waals surface area contributed by atoms with Gasteiger partial charge < -0.3 is 4.98 Å². The Morgan fingerprint density at radius 3 is 2.55 bits per heavy atom. The molecule has 1 heterocycles. The molecule has 1 fully saturated rings. The summed E-state index contributed by atoms with van der Waals surface area (Å²) in [6, 6.07) is 18.8. The molecule has 0 radical (unpaired) electrons. The van der Waals surface area contributed by atoms with E-state index in [4.69, 9.17) is 4.98 Å². The van der Waals surface area contributed by atoms with E-state index < -0.39 is 0 Å². The summed E-state index contributed by atoms with van der Waals surface area (Å²) in [6.07, 6.45) is 7.33. The van der Waals surface area contributed by atoms with Crippen LogP contribution in [0.4, 0.5) is 0 Å². The molecule has 0 aliphatic heterocycles. The number of hydrogen-bond donors (Lipinski definition) is 1. The van der Waals surface area contributed by atoms with Gasteiger partial charge in [0, 0.05) is 16.9 Å². The summed E-state index contributed by atoms with van der Waals surface area (Å²) in [7, 11) is 0. The van der Waals surface area contributed by atoms with Gasteiger partial charge in [0.2, 0.25) is 0 Å². The second-order valence-corrected chi connectivity index (χ2v) is 9.24. The highest BCUT2D eigenvalue weighted by Gasteiger charge is 2.34. The van der Waals surface area contributed by atoms with Gasteiger partial charge >= 0.3 is 0 Å². The van der Waals surface area contributed by atoms with Crippen LogP contribution in [-0.4, -0.2) is 9.97 Å². The van der Waals surface area contributed by atoms with Gasteiger partial charge in [-0.3, -0.25) is 4.79 Å². The molecule has 1 N–H and O–H groups in total. The quantitative estimate of drug-likeness (QED) is 0.433. The molecule has 2 aliphatic rings. The lowest BCUT2D eigenvalue weighted by Crippen LogP contribution is -2.30. The Bertz CT molecular complexity index is 1050. The highest BCUT2D eigenvalue weighted by atomic mass is 32.2. The van der Waals surface area contributed by atoms with Gasteiger partial charge in [0.25, 0.3) is 5.56 Å². The number of nitrogens with zero attached hydrogens (tertiary/aromatic N) is 1. The summed E-state index contributed by atoms with van der Waals surface area (Å²) < 4.78 is 0. The Morgan fingerprint density at radius 2 is 1.72 bits per heavy atom. The van der Waals surface area contributed by atoms with E-state index in [1.165, 1.54) is 43.2 Å². The van der Waals surface area contributed by atoms with Gasteiger partial charge in [0.1, 0.15) is 0 Å². The molecule has 3 aromatic rings. The SMILES string of the molecule is O=c1[nH]c(SCc2ccccc2)nc2c1C(C1CCCCC1)Cc1ccccc1-2. The minimum absolute atomic E-state index is 0.0654. The zero-order valence-corrected chi connectivity index (χ0v) is 17.4. The van der Waals surface area contributed by atoms with E-state index in [2.05, 4.69) is 41.4 Å². The highest BCUT2D eigenvalue weighted by Crippen LogP contribution is 2.44. The molecule has 4 heteroatoms. The molecule has 148 valence electrons. The third-order valence-electron chi connectivity index (χ3n) is 6.45. The first-order valence-corrected chi connectivity index (χ1v) is 11.7. The summed E-state index contributed by atoms with van der Waals surface area (Å²) in [4.78, 5) is 21.3. The molecule has 5 rings (SSSR count). The lowest BCUT2D eigenvalue weighted by Gasteiger charge is -2.34. The van der Waals surface area contributed by atoms with Crippen LogP contribution in [0.2, 0.25) is 0 Å². The normalized spacial score (nSPS) is 18.8. The Balaban J connectivity index is 1.53. The Hall–Kier alpha value is -2.33. The van der Waals surface area contributed by atoms with Crippen molar-refractivity contribution in [3.05, 3.63) is 81.6 Å². The van der Waals surface area contributed by atoms with E-state index in [0.29, 0.717) is 11.8 Å². The van der Waals surface area contributed by atoms with Crippen LogP contribution < -0.4 is 5.56 Å². The molecule has 0 saturated heterocycles. The highest BCUT2D eigenvalue weighted by molar-refractivity contribution is 7.98. The smallest absolute Gasteiger partial charge is 0.255 e. The lowest BCUT2D eigenvalue weighted by atomic mass is 9.70. The van der Waals surface area contributed by atoms with Gasteiger partial charge in [-0.1, -0.05) is 85.6 Å². The standard InChI is InChI=1S/C25H26N2OS/c28-24-22-21(18-11-5-2-6-12-18)15-19-13-7-8-14-20(19)23(22)26-25(27-24)29-16-17-9-3-1-4-10-17/h1,3-4,7-10,13-14,18,21H,2,5-6,11-12,15-16H2,(H,26,27,28). The number of hydrogen-bond acceptors (Lipinski definition) is 3. The first-order chi connectivity index (χ1) is 14.3. The van der Waals surface area contributed by atoms with Gasteiger partial charge in [-0.25, -0.2) is 4.98 Å². The van der Waals surface area contributed by atoms with Crippen LogP contribution in [0.1, 0.15) is 54.7 Å². The van der Waals surface area contributed by atoms with Crippen LogP contribution in [-0.2, 0) is 12.2 Å². The van der Waals surface area contributed by atoms with Crippen molar-refractivity contribution in [1.82, 2.24) is 9.97 Å². The first-order valence-electron chi connectivity index (χ1n) is 10.7. The number of rotatable bonds is 4. The van der Waals surface area contributed by atoms with Crippen molar-refractivity contribution in [3.8, 4) is 11.3 Å². The van der Waals surface area contributed by atoms with Crippen LogP contribution in [0.3, 0.4) is 0 Å². The van der Waals surface area contributed by atoms with E-state index in [1.807, 2.05) is 18.2 Å². The number of fused-ring (bicyclic) bond motifs is 3. The fourth-order valence-electron chi connectivity index (χ4n) is 5.01. The monoisotopic (exact) mass is 402 g/mol. The van der Waals surface area contributed by atoms with Crippen LogP contribution in [0.25, 0.3) is 11.3 Å². The average Bonchev–Trinajstić information content (AvgIpc) is 2.78. The van der Waals surface area contributed by atoms with Crippen molar-refractivity contribution in [1.29, 1.82) is 0 Å². The van der Waals surface area contributed by atoms with Crippen LogP contribution in [0, 0.1) is 5.92 Å². The van der Waals surface area contributed by atoms with E-state index in [-0.39, 0.29) is 5.56 Å². The van der Waals surface area contributed by atoms with Crippen molar-refractivity contribution < 1.29 is 0 Å². The van der Waals surface area contributed by atoms with Gasteiger partial charge in [-0.15, -0.1) is 0 Å². The maximum absolute atomic E-state index is 13.2. The van der Waals surface area contributed by atoms with Crippen molar-refractivity contribution >= 4 is 11.8 Å². The average molecular weight is 403 g/mol.